The van der Waals surface area contributed by atoms with Crippen molar-refractivity contribution in [2.75, 3.05) is 18.6 Å². The molecule has 1 atom stereocenters. The molecule has 1 amide bonds. The first-order valence-corrected chi connectivity index (χ1v) is 7.44. The first-order chi connectivity index (χ1) is 8.70. The highest BCUT2D eigenvalue weighted by Crippen LogP contribution is 2.14. The normalized spacial score (nSPS) is 12.6. The average molecular weight is 262 g/mol. The summed E-state index contributed by atoms with van der Waals surface area (Å²) in [5.74, 6) is 1.57. The van der Waals surface area contributed by atoms with Crippen molar-refractivity contribution in [1.82, 2.24) is 10.3 Å². The summed E-state index contributed by atoms with van der Waals surface area (Å²) in [6, 6.07) is 7.69. The second-order valence-corrected chi connectivity index (χ2v) is 5.46. The van der Waals surface area contributed by atoms with Crippen LogP contribution in [0.25, 0.3) is 10.9 Å². The Bertz CT molecular complexity index is 535. The van der Waals surface area contributed by atoms with Crippen molar-refractivity contribution < 1.29 is 4.79 Å². The molecule has 3 nitrogen and oxygen atoms in total. The quantitative estimate of drug-likeness (QED) is 0.870. The van der Waals surface area contributed by atoms with Crippen LogP contribution in [0.4, 0.5) is 0 Å². The fourth-order valence-electron chi connectivity index (χ4n) is 1.91. The molecule has 1 aromatic carbocycles. The molecule has 1 aromatic heterocycles. The predicted octanol–water partition coefficient (Wildman–Crippen LogP) is 2.90. The number of aromatic nitrogens is 1. The molecule has 1 heterocycles. The number of rotatable bonds is 5. The van der Waals surface area contributed by atoms with Crippen LogP contribution in [0.1, 0.15) is 17.3 Å². The molecule has 0 aliphatic rings. The standard InChI is InChI=1S/C14H18N2OS/c1-10(9-18-2)8-16-14(17)12-3-4-13-11(7-12)5-6-15-13/h3-7,10,15H,8-9H2,1-2H3,(H,16,17). The summed E-state index contributed by atoms with van der Waals surface area (Å²) in [6.45, 7) is 2.87. The van der Waals surface area contributed by atoms with Gasteiger partial charge in [0.25, 0.3) is 5.91 Å². The summed E-state index contributed by atoms with van der Waals surface area (Å²) in [7, 11) is 0. The zero-order chi connectivity index (χ0) is 13.0. The maximum absolute atomic E-state index is 12.0. The number of carbonyl (C=O) groups is 1. The maximum atomic E-state index is 12.0. The topological polar surface area (TPSA) is 44.9 Å². The predicted molar refractivity (Wildman–Crippen MR) is 78.2 cm³/mol. The minimum absolute atomic E-state index is 0.00560. The van der Waals surface area contributed by atoms with Crippen LogP contribution in [0, 0.1) is 5.92 Å². The Hall–Kier alpha value is -1.42. The van der Waals surface area contributed by atoms with E-state index in [4.69, 9.17) is 0 Å². The Balaban J connectivity index is 1.99. The van der Waals surface area contributed by atoms with Crippen molar-refractivity contribution in [3.05, 3.63) is 36.0 Å². The van der Waals surface area contributed by atoms with Crippen LogP contribution in [0.2, 0.25) is 0 Å². The highest BCUT2D eigenvalue weighted by Gasteiger charge is 2.08. The number of fused-ring (bicyclic) bond motifs is 1. The van der Waals surface area contributed by atoms with Crippen LogP contribution >= 0.6 is 11.8 Å². The molecule has 0 saturated carbocycles. The van der Waals surface area contributed by atoms with E-state index in [-0.39, 0.29) is 5.91 Å². The lowest BCUT2D eigenvalue weighted by Crippen LogP contribution is -2.29. The average Bonchev–Trinajstić information content (AvgIpc) is 2.83. The zero-order valence-electron chi connectivity index (χ0n) is 10.7. The van der Waals surface area contributed by atoms with E-state index in [1.54, 1.807) is 11.8 Å². The first-order valence-electron chi connectivity index (χ1n) is 6.05. The van der Waals surface area contributed by atoms with E-state index in [2.05, 4.69) is 23.5 Å². The third kappa shape index (κ3) is 3.07. The van der Waals surface area contributed by atoms with Crippen molar-refractivity contribution in [2.45, 2.75) is 6.92 Å². The molecule has 0 spiro atoms. The smallest absolute Gasteiger partial charge is 0.251 e. The SMILES string of the molecule is CSCC(C)CNC(=O)c1ccc2[nH]ccc2c1. The molecule has 0 aliphatic heterocycles. The molecule has 18 heavy (non-hydrogen) atoms. The summed E-state index contributed by atoms with van der Waals surface area (Å²) in [4.78, 5) is 15.1. The van der Waals surface area contributed by atoms with E-state index in [1.807, 2.05) is 30.5 Å². The Morgan fingerprint density at radius 3 is 3.06 bits per heavy atom. The van der Waals surface area contributed by atoms with Crippen LogP contribution in [0.3, 0.4) is 0 Å². The van der Waals surface area contributed by atoms with Crippen LogP contribution in [0.15, 0.2) is 30.5 Å². The fourth-order valence-corrected chi connectivity index (χ4v) is 2.59. The van der Waals surface area contributed by atoms with Gasteiger partial charge in [-0.3, -0.25) is 4.79 Å². The van der Waals surface area contributed by atoms with Crippen molar-refractivity contribution in [3.8, 4) is 0 Å². The zero-order valence-corrected chi connectivity index (χ0v) is 11.5. The van der Waals surface area contributed by atoms with Gasteiger partial charge in [-0.05, 0) is 42.2 Å². The Morgan fingerprint density at radius 2 is 2.28 bits per heavy atom. The molecule has 4 heteroatoms. The fraction of sp³-hybridized carbons (Fsp3) is 0.357. The Kier molecular flexibility index (Phi) is 4.31. The Labute approximate surface area is 111 Å². The second-order valence-electron chi connectivity index (χ2n) is 4.55. The van der Waals surface area contributed by atoms with Gasteiger partial charge in [-0.15, -0.1) is 0 Å². The van der Waals surface area contributed by atoms with Crippen molar-refractivity contribution in [3.63, 3.8) is 0 Å². The summed E-state index contributed by atoms with van der Waals surface area (Å²) >= 11 is 1.80. The largest absolute Gasteiger partial charge is 0.361 e. The summed E-state index contributed by atoms with van der Waals surface area (Å²) in [5, 5.41) is 4.05. The summed E-state index contributed by atoms with van der Waals surface area (Å²) in [6.07, 6.45) is 3.96. The molecular weight excluding hydrogens is 244 g/mol. The molecule has 2 rings (SSSR count). The lowest BCUT2D eigenvalue weighted by atomic mass is 10.1. The van der Waals surface area contributed by atoms with E-state index < -0.39 is 0 Å². The molecule has 0 bridgehead atoms. The molecule has 0 saturated heterocycles. The van der Waals surface area contributed by atoms with Crippen molar-refractivity contribution in [2.24, 2.45) is 5.92 Å². The molecule has 0 fully saturated rings. The number of hydrogen-bond acceptors (Lipinski definition) is 2. The first kappa shape index (κ1) is 13.0. The highest BCUT2D eigenvalue weighted by molar-refractivity contribution is 7.98. The monoisotopic (exact) mass is 262 g/mol. The number of H-pyrrole nitrogens is 1. The van der Waals surface area contributed by atoms with E-state index in [0.29, 0.717) is 5.92 Å². The van der Waals surface area contributed by atoms with Crippen LogP contribution < -0.4 is 5.32 Å². The molecule has 1 unspecified atom stereocenters. The number of carbonyl (C=O) groups excluding carboxylic acids is 1. The third-order valence-electron chi connectivity index (χ3n) is 2.88. The molecule has 2 N–H and O–H groups in total. The van der Waals surface area contributed by atoms with Crippen LogP contribution in [0.5, 0.6) is 0 Å². The van der Waals surface area contributed by atoms with Crippen molar-refractivity contribution >= 4 is 28.6 Å². The number of benzene rings is 1. The second kappa shape index (κ2) is 5.96. The molecular formula is C14H18N2OS. The van der Waals surface area contributed by atoms with E-state index in [0.717, 1.165) is 28.8 Å². The lowest BCUT2D eigenvalue weighted by Gasteiger charge is -2.11. The minimum Gasteiger partial charge on any atom is -0.361 e. The minimum atomic E-state index is 0.00560. The van der Waals surface area contributed by atoms with Gasteiger partial charge in [-0.25, -0.2) is 0 Å². The van der Waals surface area contributed by atoms with E-state index in [1.165, 1.54) is 0 Å². The van der Waals surface area contributed by atoms with Gasteiger partial charge in [-0.2, -0.15) is 11.8 Å². The van der Waals surface area contributed by atoms with Gasteiger partial charge in [0, 0.05) is 29.2 Å². The molecule has 0 radical (unpaired) electrons. The maximum Gasteiger partial charge on any atom is 0.251 e. The lowest BCUT2D eigenvalue weighted by molar-refractivity contribution is 0.0949. The number of hydrogen-bond donors (Lipinski definition) is 2. The van der Waals surface area contributed by atoms with Crippen molar-refractivity contribution in [1.29, 1.82) is 0 Å². The summed E-state index contributed by atoms with van der Waals surface area (Å²) < 4.78 is 0. The number of aromatic amines is 1. The van der Waals surface area contributed by atoms with E-state index >= 15 is 0 Å². The van der Waals surface area contributed by atoms with Gasteiger partial charge in [0.15, 0.2) is 0 Å². The molecule has 2 aromatic rings. The molecule has 0 aliphatic carbocycles. The van der Waals surface area contributed by atoms with Gasteiger partial charge in [0.05, 0.1) is 0 Å². The third-order valence-corrected chi connectivity index (χ3v) is 3.78. The molecule has 96 valence electrons. The van der Waals surface area contributed by atoms with E-state index in [9.17, 15) is 4.79 Å². The van der Waals surface area contributed by atoms with Crippen LogP contribution in [-0.2, 0) is 0 Å². The summed E-state index contributed by atoms with van der Waals surface area (Å²) in [5.41, 5.74) is 1.78. The van der Waals surface area contributed by atoms with Gasteiger partial charge in [0.1, 0.15) is 0 Å². The number of amides is 1. The van der Waals surface area contributed by atoms with Gasteiger partial charge in [-0.1, -0.05) is 6.92 Å². The number of thioether (sulfide) groups is 1. The van der Waals surface area contributed by atoms with Gasteiger partial charge < -0.3 is 10.3 Å². The van der Waals surface area contributed by atoms with Gasteiger partial charge in [0.2, 0.25) is 0 Å². The Morgan fingerprint density at radius 1 is 1.44 bits per heavy atom. The highest BCUT2D eigenvalue weighted by atomic mass is 32.2. The van der Waals surface area contributed by atoms with Gasteiger partial charge >= 0.3 is 0 Å². The van der Waals surface area contributed by atoms with Crippen LogP contribution in [-0.4, -0.2) is 29.4 Å². The number of nitrogens with one attached hydrogen (secondary N) is 2.